The van der Waals surface area contributed by atoms with Gasteiger partial charge in [-0.05, 0) is 13.8 Å². The van der Waals surface area contributed by atoms with Crippen molar-refractivity contribution in [2.24, 2.45) is 5.92 Å². The Labute approximate surface area is 54.6 Å². The average molecular weight is 132 g/mol. The number of hydrogen-bond donors (Lipinski definition) is 1. The van der Waals surface area contributed by atoms with Gasteiger partial charge in [0, 0.05) is 7.11 Å². The van der Waals surface area contributed by atoms with Crippen molar-refractivity contribution in [3.63, 3.8) is 0 Å². The summed E-state index contributed by atoms with van der Waals surface area (Å²) in [5, 5.41) is 8.40. The molecular weight excluding hydrogens is 120 g/mol. The van der Waals surface area contributed by atoms with Crippen LogP contribution in [-0.2, 0) is 9.53 Å². The van der Waals surface area contributed by atoms with Crippen LogP contribution in [0.25, 0.3) is 0 Å². The number of aliphatic carboxylic acids is 1. The van der Waals surface area contributed by atoms with Crippen LogP contribution in [0.2, 0.25) is 0 Å². The van der Waals surface area contributed by atoms with Gasteiger partial charge in [-0.3, -0.25) is 4.79 Å². The van der Waals surface area contributed by atoms with E-state index in [1.165, 1.54) is 7.11 Å². The van der Waals surface area contributed by atoms with Crippen molar-refractivity contribution in [1.82, 2.24) is 0 Å². The molecule has 0 aromatic rings. The SMILES string of the molecule is CO[C@@H](C)[C@H](C)C(=O)O. The maximum Gasteiger partial charge on any atom is 0.308 e. The number of rotatable bonds is 3. The van der Waals surface area contributed by atoms with Crippen molar-refractivity contribution in [1.29, 1.82) is 0 Å². The lowest BCUT2D eigenvalue weighted by atomic mass is 10.1. The van der Waals surface area contributed by atoms with Crippen LogP contribution in [0.3, 0.4) is 0 Å². The molecule has 0 heterocycles. The molecule has 0 aliphatic rings. The Morgan fingerprint density at radius 1 is 1.56 bits per heavy atom. The van der Waals surface area contributed by atoms with Gasteiger partial charge >= 0.3 is 5.97 Å². The van der Waals surface area contributed by atoms with Crippen molar-refractivity contribution in [3.05, 3.63) is 0 Å². The third-order valence-corrected chi connectivity index (χ3v) is 1.47. The summed E-state index contributed by atoms with van der Waals surface area (Å²) in [6.45, 7) is 3.36. The van der Waals surface area contributed by atoms with Crippen LogP contribution in [-0.4, -0.2) is 24.3 Å². The van der Waals surface area contributed by atoms with E-state index in [4.69, 9.17) is 9.84 Å². The minimum Gasteiger partial charge on any atom is -0.481 e. The quantitative estimate of drug-likeness (QED) is 0.616. The van der Waals surface area contributed by atoms with Gasteiger partial charge in [0.15, 0.2) is 0 Å². The van der Waals surface area contributed by atoms with Crippen LogP contribution in [0.4, 0.5) is 0 Å². The van der Waals surface area contributed by atoms with Gasteiger partial charge in [0.1, 0.15) is 0 Å². The van der Waals surface area contributed by atoms with Gasteiger partial charge in [-0.1, -0.05) is 0 Å². The van der Waals surface area contributed by atoms with E-state index >= 15 is 0 Å². The van der Waals surface area contributed by atoms with Crippen LogP contribution in [0.15, 0.2) is 0 Å². The summed E-state index contributed by atoms with van der Waals surface area (Å²) < 4.78 is 4.79. The Kier molecular flexibility index (Phi) is 3.24. The predicted molar refractivity (Wildman–Crippen MR) is 33.3 cm³/mol. The molecule has 9 heavy (non-hydrogen) atoms. The Bertz CT molecular complexity index is 100. The maximum atomic E-state index is 10.2. The van der Waals surface area contributed by atoms with Crippen molar-refractivity contribution in [2.75, 3.05) is 7.11 Å². The smallest absolute Gasteiger partial charge is 0.308 e. The molecule has 0 unspecified atom stereocenters. The molecule has 0 fully saturated rings. The van der Waals surface area contributed by atoms with Gasteiger partial charge in [-0.25, -0.2) is 0 Å². The van der Waals surface area contributed by atoms with Crippen LogP contribution >= 0.6 is 0 Å². The first-order valence-electron chi connectivity index (χ1n) is 2.85. The van der Waals surface area contributed by atoms with Gasteiger partial charge in [-0.15, -0.1) is 0 Å². The molecule has 0 saturated carbocycles. The van der Waals surface area contributed by atoms with E-state index in [2.05, 4.69) is 0 Å². The van der Waals surface area contributed by atoms with E-state index in [1.807, 2.05) is 0 Å². The molecule has 0 aliphatic carbocycles. The zero-order chi connectivity index (χ0) is 7.44. The second-order valence-electron chi connectivity index (χ2n) is 2.07. The van der Waals surface area contributed by atoms with E-state index in [9.17, 15) is 4.79 Å². The fourth-order valence-corrected chi connectivity index (χ4v) is 0.405. The first-order chi connectivity index (χ1) is 4.09. The minimum atomic E-state index is -0.815. The Balaban J connectivity index is 3.72. The molecular formula is C6H12O3. The summed E-state index contributed by atoms with van der Waals surface area (Å²) >= 11 is 0. The normalized spacial score (nSPS) is 16.8. The van der Waals surface area contributed by atoms with Gasteiger partial charge in [0.25, 0.3) is 0 Å². The lowest BCUT2D eigenvalue weighted by molar-refractivity contribution is -0.145. The number of carboxylic acid groups (broad SMARTS) is 1. The molecule has 0 aliphatic heterocycles. The fourth-order valence-electron chi connectivity index (χ4n) is 0.405. The maximum absolute atomic E-state index is 10.2. The van der Waals surface area contributed by atoms with Gasteiger partial charge in [0.05, 0.1) is 12.0 Å². The van der Waals surface area contributed by atoms with Crippen molar-refractivity contribution in [3.8, 4) is 0 Å². The van der Waals surface area contributed by atoms with E-state index in [0.29, 0.717) is 0 Å². The number of ether oxygens (including phenoxy) is 1. The highest BCUT2D eigenvalue weighted by molar-refractivity contribution is 5.70. The molecule has 2 atom stereocenters. The predicted octanol–water partition coefficient (Wildman–Crippen LogP) is 0.742. The molecule has 0 aromatic carbocycles. The van der Waals surface area contributed by atoms with Gasteiger partial charge in [0.2, 0.25) is 0 Å². The topological polar surface area (TPSA) is 46.5 Å². The highest BCUT2D eigenvalue weighted by Crippen LogP contribution is 2.04. The Hall–Kier alpha value is -0.570. The second-order valence-corrected chi connectivity index (χ2v) is 2.07. The molecule has 0 saturated heterocycles. The third kappa shape index (κ3) is 2.46. The highest BCUT2D eigenvalue weighted by atomic mass is 16.5. The molecule has 0 spiro atoms. The van der Waals surface area contributed by atoms with Crippen molar-refractivity contribution < 1.29 is 14.6 Å². The lowest BCUT2D eigenvalue weighted by Crippen LogP contribution is -2.24. The standard InChI is InChI=1S/C6H12O3/c1-4(6(7)8)5(2)9-3/h4-5H,1-3H3,(H,7,8)/t4-,5-/m0/s1. The zero-order valence-electron chi connectivity index (χ0n) is 5.92. The van der Waals surface area contributed by atoms with Crippen molar-refractivity contribution in [2.45, 2.75) is 20.0 Å². The summed E-state index contributed by atoms with van der Waals surface area (Å²) in [5.41, 5.74) is 0. The molecule has 0 aromatic heterocycles. The van der Waals surface area contributed by atoms with E-state index in [-0.39, 0.29) is 6.10 Å². The largest absolute Gasteiger partial charge is 0.481 e. The fraction of sp³-hybridized carbons (Fsp3) is 0.833. The summed E-state index contributed by atoms with van der Waals surface area (Å²) in [4.78, 5) is 10.2. The average Bonchev–Trinajstić information content (AvgIpc) is 1.84. The summed E-state index contributed by atoms with van der Waals surface area (Å²) in [7, 11) is 1.50. The van der Waals surface area contributed by atoms with E-state index in [1.54, 1.807) is 13.8 Å². The van der Waals surface area contributed by atoms with E-state index < -0.39 is 11.9 Å². The monoisotopic (exact) mass is 132 g/mol. The van der Waals surface area contributed by atoms with E-state index in [0.717, 1.165) is 0 Å². The highest BCUT2D eigenvalue weighted by Gasteiger charge is 2.17. The second kappa shape index (κ2) is 3.45. The van der Waals surface area contributed by atoms with Crippen molar-refractivity contribution >= 4 is 5.97 Å². The minimum absolute atomic E-state index is 0.206. The number of methoxy groups -OCH3 is 1. The lowest BCUT2D eigenvalue weighted by Gasteiger charge is -2.12. The molecule has 3 nitrogen and oxygen atoms in total. The first kappa shape index (κ1) is 8.43. The molecule has 0 bridgehead atoms. The Morgan fingerprint density at radius 3 is 2.11 bits per heavy atom. The Morgan fingerprint density at radius 2 is 2.00 bits per heavy atom. The molecule has 54 valence electrons. The van der Waals surface area contributed by atoms with Gasteiger partial charge < -0.3 is 9.84 Å². The molecule has 0 radical (unpaired) electrons. The first-order valence-corrected chi connectivity index (χ1v) is 2.85. The molecule has 3 heteroatoms. The van der Waals surface area contributed by atoms with Crippen LogP contribution in [0.5, 0.6) is 0 Å². The molecule has 0 rings (SSSR count). The molecule has 0 amide bonds. The third-order valence-electron chi connectivity index (χ3n) is 1.47. The number of hydrogen-bond acceptors (Lipinski definition) is 2. The summed E-state index contributed by atoms with van der Waals surface area (Å²) in [6, 6.07) is 0. The van der Waals surface area contributed by atoms with Gasteiger partial charge in [-0.2, -0.15) is 0 Å². The van der Waals surface area contributed by atoms with Crippen LogP contribution < -0.4 is 0 Å². The zero-order valence-corrected chi connectivity index (χ0v) is 5.92. The number of carboxylic acids is 1. The summed E-state index contributed by atoms with van der Waals surface area (Å²) in [6.07, 6.45) is -0.206. The van der Waals surface area contributed by atoms with Crippen LogP contribution in [0, 0.1) is 5.92 Å². The summed E-state index contributed by atoms with van der Waals surface area (Å²) in [5.74, 6) is -1.24. The number of carbonyl (C=O) groups is 1. The molecule has 1 N–H and O–H groups in total. The van der Waals surface area contributed by atoms with Crippen LogP contribution in [0.1, 0.15) is 13.8 Å².